The lowest BCUT2D eigenvalue weighted by Gasteiger charge is -2.11. The number of hydrogen-bond acceptors (Lipinski definition) is 1. The lowest BCUT2D eigenvalue weighted by Crippen LogP contribution is -1.97. The molecule has 0 heterocycles. The first-order chi connectivity index (χ1) is 15.6. The van der Waals surface area contributed by atoms with E-state index in [2.05, 4.69) is 13.8 Å². The molecule has 3 aromatic carbocycles. The quantitative estimate of drug-likeness (QED) is 0.257. The van der Waals surface area contributed by atoms with E-state index in [9.17, 15) is 8.78 Å². The molecule has 32 heavy (non-hydrogen) atoms. The smallest absolute Gasteiger partial charge is 0.167 e. The molecule has 3 heteroatoms. The zero-order chi connectivity index (χ0) is 22.8. The van der Waals surface area contributed by atoms with Crippen molar-refractivity contribution in [3.63, 3.8) is 0 Å². The summed E-state index contributed by atoms with van der Waals surface area (Å²) in [6, 6.07) is 18.2. The van der Waals surface area contributed by atoms with E-state index in [0.717, 1.165) is 25.0 Å². The number of unbranched alkanes of at least 4 members (excludes halogenated alkanes) is 5. The number of rotatable bonds is 12. The molecule has 3 rings (SSSR count). The van der Waals surface area contributed by atoms with Crippen molar-refractivity contribution >= 4 is 0 Å². The molecule has 0 unspecified atom stereocenters. The predicted octanol–water partition coefficient (Wildman–Crippen LogP) is 8.99. The van der Waals surface area contributed by atoms with Crippen LogP contribution in [-0.4, -0.2) is 6.61 Å². The molecule has 0 aliphatic heterocycles. The topological polar surface area (TPSA) is 9.23 Å². The summed E-state index contributed by atoms with van der Waals surface area (Å²) in [5, 5.41) is 0. The Balaban J connectivity index is 1.63. The molecular weight excluding hydrogens is 402 g/mol. The summed E-state index contributed by atoms with van der Waals surface area (Å²) in [6.45, 7) is 5.02. The van der Waals surface area contributed by atoms with Crippen LogP contribution >= 0.6 is 0 Å². The Hall–Kier alpha value is -2.68. The molecule has 0 bridgehead atoms. The maximum absolute atomic E-state index is 14.9. The molecule has 0 saturated heterocycles. The highest BCUT2D eigenvalue weighted by Gasteiger charge is 2.16. The van der Waals surface area contributed by atoms with Crippen LogP contribution in [0.3, 0.4) is 0 Å². The van der Waals surface area contributed by atoms with Gasteiger partial charge in [0, 0.05) is 11.1 Å². The second-order valence-electron chi connectivity index (χ2n) is 8.38. The van der Waals surface area contributed by atoms with Crippen molar-refractivity contribution in [2.45, 2.75) is 65.2 Å². The molecule has 0 saturated carbocycles. The van der Waals surface area contributed by atoms with E-state index >= 15 is 0 Å². The minimum atomic E-state index is -0.819. The van der Waals surface area contributed by atoms with Gasteiger partial charge in [0.15, 0.2) is 11.6 Å². The second kappa shape index (κ2) is 12.4. The summed E-state index contributed by atoms with van der Waals surface area (Å²) in [6.07, 6.45) is 9.33. The van der Waals surface area contributed by atoms with Gasteiger partial charge in [-0.2, -0.15) is 0 Å². The summed E-state index contributed by atoms with van der Waals surface area (Å²) in [7, 11) is 0. The van der Waals surface area contributed by atoms with E-state index in [0.29, 0.717) is 17.7 Å². The van der Waals surface area contributed by atoms with Crippen molar-refractivity contribution in [2.75, 3.05) is 6.61 Å². The molecule has 0 aliphatic carbocycles. The zero-order valence-electron chi connectivity index (χ0n) is 19.3. The fraction of sp³-hybridized carbons (Fsp3) is 0.379. The monoisotopic (exact) mass is 436 g/mol. The largest absolute Gasteiger partial charge is 0.494 e. The number of aryl methyl sites for hydroxylation is 1. The van der Waals surface area contributed by atoms with Crippen LogP contribution in [0.15, 0.2) is 60.7 Å². The molecule has 0 fully saturated rings. The Morgan fingerprint density at radius 1 is 0.594 bits per heavy atom. The molecule has 0 aliphatic rings. The first-order valence-corrected chi connectivity index (χ1v) is 11.9. The number of hydrogen-bond donors (Lipinski definition) is 0. The predicted molar refractivity (Wildman–Crippen MR) is 130 cm³/mol. The van der Waals surface area contributed by atoms with Crippen molar-refractivity contribution in [3.05, 3.63) is 77.9 Å². The summed E-state index contributed by atoms with van der Waals surface area (Å²) >= 11 is 0. The fourth-order valence-corrected chi connectivity index (χ4v) is 3.94. The highest BCUT2D eigenvalue weighted by Crippen LogP contribution is 2.32. The van der Waals surface area contributed by atoms with E-state index in [4.69, 9.17) is 4.74 Å². The molecule has 170 valence electrons. The van der Waals surface area contributed by atoms with Crippen LogP contribution in [0.2, 0.25) is 0 Å². The Morgan fingerprint density at radius 3 is 1.69 bits per heavy atom. The Morgan fingerprint density at radius 2 is 1.12 bits per heavy atom. The third kappa shape index (κ3) is 6.41. The van der Waals surface area contributed by atoms with Gasteiger partial charge in [0.25, 0.3) is 0 Å². The molecule has 0 radical (unpaired) electrons. The molecule has 0 N–H and O–H groups in total. The highest BCUT2D eigenvalue weighted by molar-refractivity contribution is 5.72. The Kier molecular flexibility index (Phi) is 9.27. The van der Waals surface area contributed by atoms with E-state index < -0.39 is 11.6 Å². The lowest BCUT2D eigenvalue weighted by molar-refractivity contribution is 0.304. The third-order valence-corrected chi connectivity index (χ3v) is 5.82. The minimum absolute atomic E-state index is 0.260. The van der Waals surface area contributed by atoms with Gasteiger partial charge >= 0.3 is 0 Å². The fourth-order valence-electron chi connectivity index (χ4n) is 3.94. The van der Waals surface area contributed by atoms with Gasteiger partial charge in [-0.3, -0.25) is 0 Å². The Labute approximate surface area is 191 Å². The molecule has 0 spiro atoms. The number of ether oxygens (including phenoxy) is 1. The molecule has 1 nitrogen and oxygen atoms in total. The van der Waals surface area contributed by atoms with Gasteiger partial charge in [-0.1, -0.05) is 101 Å². The number of benzene rings is 3. The SMILES string of the molecule is CCCCCCCCOc1ccc(-c2ccc(-c3ccc(CCC)cc3)c(F)c2F)cc1. The number of halogens is 2. The maximum atomic E-state index is 14.9. The van der Waals surface area contributed by atoms with Crippen molar-refractivity contribution < 1.29 is 13.5 Å². The van der Waals surface area contributed by atoms with E-state index in [-0.39, 0.29) is 11.1 Å². The van der Waals surface area contributed by atoms with Gasteiger partial charge in [0.1, 0.15) is 5.75 Å². The van der Waals surface area contributed by atoms with Crippen LogP contribution in [0.4, 0.5) is 8.78 Å². The molecule has 0 aromatic heterocycles. The first kappa shape index (κ1) is 24.0. The summed E-state index contributed by atoms with van der Waals surface area (Å²) in [5.74, 6) is -0.873. The standard InChI is InChI=1S/C29H34F2O/c1-3-5-6-7-8-9-21-32-25-17-15-24(16-18-25)27-20-19-26(28(30)29(27)31)23-13-11-22(10-4-2)12-14-23/h11-20H,3-10,21H2,1-2H3. The molecule has 3 aromatic rings. The Bertz CT molecular complexity index is 962. The van der Waals surface area contributed by atoms with Gasteiger partial charge < -0.3 is 4.74 Å². The van der Waals surface area contributed by atoms with Crippen molar-refractivity contribution in [2.24, 2.45) is 0 Å². The van der Waals surface area contributed by atoms with Gasteiger partial charge in [-0.15, -0.1) is 0 Å². The van der Waals surface area contributed by atoms with Gasteiger partial charge in [0.2, 0.25) is 0 Å². The van der Waals surface area contributed by atoms with E-state index in [1.54, 1.807) is 24.3 Å². The average molecular weight is 437 g/mol. The van der Waals surface area contributed by atoms with Crippen LogP contribution in [0, 0.1) is 11.6 Å². The van der Waals surface area contributed by atoms with E-state index in [1.165, 1.54) is 37.7 Å². The first-order valence-electron chi connectivity index (χ1n) is 11.9. The minimum Gasteiger partial charge on any atom is -0.494 e. The van der Waals surface area contributed by atoms with Gasteiger partial charge in [0.05, 0.1) is 6.61 Å². The molecule has 0 amide bonds. The average Bonchev–Trinajstić information content (AvgIpc) is 2.82. The second-order valence-corrected chi connectivity index (χ2v) is 8.38. The third-order valence-electron chi connectivity index (χ3n) is 5.82. The van der Waals surface area contributed by atoms with Gasteiger partial charge in [-0.05, 0) is 41.7 Å². The molecular formula is C29H34F2O. The normalized spacial score (nSPS) is 11.0. The van der Waals surface area contributed by atoms with Crippen LogP contribution < -0.4 is 4.74 Å². The van der Waals surface area contributed by atoms with Gasteiger partial charge in [-0.25, -0.2) is 8.78 Å². The lowest BCUT2D eigenvalue weighted by atomic mass is 9.97. The maximum Gasteiger partial charge on any atom is 0.167 e. The molecule has 0 atom stereocenters. The zero-order valence-corrected chi connectivity index (χ0v) is 19.3. The summed E-state index contributed by atoms with van der Waals surface area (Å²) < 4.78 is 35.6. The van der Waals surface area contributed by atoms with Crippen LogP contribution in [0.5, 0.6) is 5.75 Å². The van der Waals surface area contributed by atoms with Crippen molar-refractivity contribution in [1.29, 1.82) is 0 Å². The highest BCUT2D eigenvalue weighted by atomic mass is 19.2. The van der Waals surface area contributed by atoms with Crippen LogP contribution in [0.1, 0.15) is 64.4 Å². The van der Waals surface area contributed by atoms with Crippen LogP contribution in [0.25, 0.3) is 22.3 Å². The summed E-state index contributed by atoms with van der Waals surface area (Å²) in [4.78, 5) is 0. The van der Waals surface area contributed by atoms with Crippen molar-refractivity contribution in [1.82, 2.24) is 0 Å². The van der Waals surface area contributed by atoms with Crippen molar-refractivity contribution in [3.8, 4) is 28.0 Å². The summed E-state index contributed by atoms with van der Waals surface area (Å²) in [5.41, 5.74) is 3.07. The van der Waals surface area contributed by atoms with E-state index in [1.807, 2.05) is 36.4 Å². The van der Waals surface area contributed by atoms with Crippen LogP contribution in [-0.2, 0) is 6.42 Å².